The summed E-state index contributed by atoms with van der Waals surface area (Å²) < 4.78 is 11.5. The number of hydrogen-bond donors (Lipinski definition) is 2. The molecule has 1 aliphatic rings. The molecule has 0 saturated carbocycles. The fourth-order valence-electron chi connectivity index (χ4n) is 3.51. The molecular weight excluding hydrogens is 442 g/mol. The number of imidazole rings is 1. The first-order chi connectivity index (χ1) is 16.1. The summed E-state index contributed by atoms with van der Waals surface area (Å²) in [6.07, 6.45) is 5.42. The van der Waals surface area contributed by atoms with E-state index in [4.69, 9.17) is 14.6 Å². The van der Waals surface area contributed by atoms with Crippen LogP contribution in [0.4, 0.5) is 4.79 Å². The summed E-state index contributed by atoms with van der Waals surface area (Å²) in [5.74, 6) is 1.10. The standard InChI is InChI=1S/C24H25N3O5S/c28-22(29)18-3-7-19(8-4-18)31-21-9-14-27(15-10-21)24(30)32-20-5-1-17(2-6-20)11-16-33-23-25-12-13-26-23/h1-8,12-13,21H,9-11,14-16H2,(H,25,26)(H,28,29). The Balaban J connectivity index is 1.19. The normalized spacial score (nSPS) is 14.1. The van der Waals surface area contributed by atoms with Crippen molar-refractivity contribution in [1.29, 1.82) is 0 Å². The van der Waals surface area contributed by atoms with Crippen LogP contribution in [0, 0.1) is 0 Å². The van der Waals surface area contributed by atoms with E-state index in [9.17, 15) is 9.59 Å². The van der Waals surface area contributed by atoms with Gasteiger partial charge in [-0.15, -0.1) is 0 Å². The number of amides is 1. The minimum atomic E-state index is -0.966. The Morgan fingerprint density at radius 1 is 1.06 bits per heavy atom. The molecule has 33 heavy (non-hydrogen) atoms. The van der Waals surface area contributed by atoms with E-state index >= 15 is 0 Å². The van der Waals surface area contributed by atoms with Crippen molar-refractivity contribution in [2.45, 2.75) is 30.5 Å². The maximum absolute atomic E-state index is 12.5. The van der Waals surface area contributed by atoms with Crippen molar-refractivity contribution in [2.75, 3.05) is 18.8 Å². The second-order valence-corrected chi connectivity index (χ2v) is 8.72. The number of rotatable bonds is 8. The predicted octanol–water partition coefficient (Wildman–Crippen LogP) is 4.48. The van der Waals surface area contributed by atoms with Crippen LogP contribution in [-0.2, 0) is 6.42 Å². The summed E-state index contributed by atoms with van der Waals surface area (Å²) in [5, 5.41) is 9.88. The highest BCUT2D eigenvalue weighted by Gasteiger charge is 2.25. The molecule has 0 atom stereocenters. The van der Waals surface area contributed by atoms with E-state index in [0.717, 1.165) is 17.3 Å². The van der Waals surface area contributed by atoms with Gasteiger partial charge in [0.25, 0.3) is 0 Å². The minimum absolute atomic E-state index is 0.0249. The van der Waals surface area contributed by atoms with Crippen molar-refractivity contribution in [2.24, 2.45) is 0 Å². The topological polar surface area (TPSA) is 105 Å². The van der Waals surface area contributed by atoms with Crippen LogP contribution in [0.5, 0.6) is 11.5 Å². The third-order valence-corrected chi connectivity index (χ3v) is 6.24. The Labute approximate surface area is 195 Å². The molecule has 0 bridgehead atoms. The predicted molar refractivity (Wildman–Crippen MR) is 124 cm³/mol. The van der Waals surface area contributed by atoms with E-state index < -0.39 is 5.97 Å². The monoisotopic (exact) mass is 467 g/mol. The maximum Gasteiger partial charge on any atom is 0.415 e. The molecule has 172 valence electrons. The molecule has 0 unspecified atom stereocenters. The number of likely N-dealkylation sites (tertiary alicyclic amines) is 1. The number of piperidine rings is 1. The SMILES string of the molecule is O=C(O)c1ccc(OC2CCN(C(=O)Oc3ccc(CCSc4ncc[nH]4)cc3)CC2)cc1. The average molecular weight is 468 g/mol. The summed E-state index contributed by atoms with van der Waals surface area (Å²) in [4.78, 5) is 32.4. The number of H-pyrrole nitrogens is 1. The quantitative estimate of drug-likeness (QED) is 0.471. The van der Waals surface area contributed by atoms with Gasteiger partial charge in [0.2, 0.25) is 0 Å². The fraction of sp³-hybridized carbons (Fsp3) is 0.292. The molecule has 1 saturated heterocycles. The van der Waals surface area contributed by atoms with Crippen molar-refractivity contribution in [3.8, 4) is 11.5 Å². The van der Waals surface area contributed by atoms with Crippen LogP contribution in [0.15, 0.2) is 66.1 Å². The summed E-state index contributed by atoms with van der Waals surface area (Å²) in [7, 11) is 0. The number of aromatic carboxylic acids is 1. The Kier molecular flexibility index (Phi) is 7.51. The third kappa shape index (κ3) is 6.52. The molecule has 0 radical (unpaired) electrons. The largest absolute Gasteiger partial charge is 0.490 e. The van der Waals surface area contributed by atoms with Crippen LogP contribution in [0.2, 0.25) is 0 Å². The smallest absolute Gasteiger partial charge is 0.415 e. The fourth-order valence-corrected chi connectivity index (χ4v) is 4.33. The maximum atomic E-state index is 12.5. The van der Waals surface area contributed by atoms with E-state index in [1.165, 1.54) is 17.7 Å². The number of aryl methyl sites for hydroxylation is 1. The van der Waals surface area contributed by atoms with E-state index in [1.807, 2.05) is 30.5 Å². The zero-order valence-electron chi connectivity index (χ0n) is 18.0. The average Bonchev–Trinajstić information content (AvgIpc) is 3.35. The van der Waals surface area contributed by atoms with Crippen molar-refractivity contribution in [3.05, 3.63) is 72.1 Å². The number of hydrogen-bond acceptors (Lipinski definition) is 6. The van der Waals surface area contributed by atoms with Gasteiger partial charge in [0.1, 0.15) is 17.6 Å². The van der Waals surface area contributed by atoms with Gasteiger partial charge in [-0.3, -0.25) is 0 Å². The number of carbonyl (C=O) groups excluding carboxylic acids is 1. The van der Waals surface area contributed by atoms with Crippen molar-refractivity contribution >= 4 is 23.8 Å². The lowest BCUT2D eigenvalue weighted by Crippen LogP contribution is -2.43. The van der Waals surface area contributed by atoms with Gasteiger partial charge in [0.15, 0.2) is 5.16 Å². The molecule has 8 nitrogen and oxygen atoms in total. The molecular formula is C24H25N3O5S. The summed E-state index contributed by atoms with van der Waals surface area (Å²) in [6, 6.07) is 13.9. The molecule has 2 aromatic carbocycles. The second kappa shape index (κ2) is 10.9. The molecule has 0 spiro atoms. The Bertz CT molecular complexity index is 1050. The number of thioether (sulfide) groups is 1. The lowest BCUT2D eigenvalue weighted by molar-refractivity contribution is 0.0696. The number of aromatic nitrogens is 2. The molecule has 1 amide bonds. The lowest BCUT2D eigenvalue weighted by Gasteiger charge is -2.31. The van der Waals surface area contributed by atoms with Crippen molar-refractivity contribution < 1.29 is 24.2 Å². The molecule has 2 heterocycles. The summed E-state index contributed by atoms with van der Waals surface area (Å²) in [5.41, 5.74) is 1.39. The Hall–Kier alpha value is -3.46. The third-order valence-electron chi connectivity index (χ3n) is 5.34. The van der Waals surface area contributed by atoms with Crippen molar-refractivity contribution in [3.63, 3.8) is 0 Å². The van der Waals surface area contributed by atoms with E-state index in [2.05, 4.69) is 9.97 Å². The first kappa shape index (κ1) is 22.7. The van der Waals surface area contributed by atoms with E-state index in [1.54, 1.807) is 35.0 Å². The number of carbonyl (C=O) groups is 2. The van der Waals surface area contributed by atoms with Crippen LogP contribution in [0.1, 0.15) is 28.8 Å². The van der Waals surface area contributed by atoms with Gasteiger partial charge in [0, 0.05) is 44.1 Å². The van der Waals surface area contributed by atoms with E-state index in [-0.39, 0.29) is 17.8 Å². The highest BCUT2D eigenvalue weighted by atomic mass is 32.2. The second-order valence-electron chi connectivity index (χ2n) is 7.64. The molecule has 9 heteroatoms. The summed E-state index contributed by atoms with van der Waals surface area (Å²) in [6.45, 7) is 1.08. The van der Waals surface area contributed by atoms with Gasteiger partial charge in [0.05, 0.1) is 5.56 Å². The molecule has 1 aromatic heterocycles. The zero-order valence-corrected chi connectivity index (χ0v) is 18.8. The van der Waals surface area contributed by atoms with Gasteiger partial charge in [-0.25, -0.2) is 14.6 Å². The van der Waals surface area contributed by atoms with Crippen LogP contribution < -0.4 is 9.47 Å². The highest BCUT2D eigenvalue weighted by Crippen LogP contribution is 2.22. The van der Waals surface area contributed by atoms with Crippen LogP contribution >= 0.6 is 11.8 Å². The number of ether oxygens (including phenoxy) is 2. The molecule has 2 N–H and O–H groups in total. The molecule has 1 aliphatic heterocycles. The zero-order chi connectivity index (χ0) is 23.0. The Morgan fingerprint density at radius 2 is 1.76 bits per heavy atom. The Morgan fingerprint density at radius 3 is 2.39 bits per heavy atom. The molecule has 0 aliphatic carbocycles. The highest BCUT2D eigenvalue weighted by molar-refractivity contribution is 7.99. The van der Waals surface area contributed by atoms with Crippen LogP contribution in [0.25, 0.3) is 0 Å². The van der Waals surface area contributed by atoms with Gasteiger partial charge < -0.3 is 24.5 Å². The number of aromatic amines is 1. The lowest BCUT2D eigenvalue weighted by atomic mass is 10.1. The van der Waals surface area contributed by atoms with Gasteiger partial charge in [-0.1, -0.05) is 23.9 Å². The first-order valence-electron chi connectivity index (χ1n) is 10.7. The first-order valence-corrected chi connectivity index (χ1v) is 11.7. The van der Waals surface area contributed by atoms with E-state index in [0.29, 0.717) is 37.4 Å². The van der Waals surface area contributed by atoms with Gasteiger partial charge >= 0.3 is 12.1 Å². The van der Waals surface area contributed by atoms with Gasteiger partial charge in [-0.2, -0.15) is 0 Å². The minimum Gasteiger partial charge on any atom is -0.490 e. The molecule has 4 rings (SSSR count). The number of benzene rings is 2. The number of carboxylic acids is 1. The van der Waals surface area contributed by atoms with Crippen LogP contribution in [-0.4, -0.2) is 57.0 Å². The van der Waals surface area contributed by atoms with Gasteiger partial charge in [-0.05, 0) is 48.4 Å². The number of nitrogens with one attached hydrogen (secondary N) is 1. The van der Waals surface area contributed by atoms with Crippen molar-refractivity contribution in [1.82, 2.24) is 14.9 Å². The molecule has 3 aromatic rings. The number of nitrogens with zero attached hydrogens (tertiary/aromatic N) is 2. The summed E-state index contributed by atoms with van der Waals surface area (Å²) >= 11 is 1.67. The van der Waals surface area contributed by atoms with Crippen LogP contribution in [0.3, 0.4) is 0 Å². The molecule has 1 fully saturated rings. The number of carboxylic acid groups (broad SMARTS) is 1.